The lowest BCUT2D eigenvalue weighted by molar-refractivity contribution is -0.129. The van der Waals surface area contributed by atoms with Crippen molar-refractivity contribution in [3.8, 4) is 0 Å². The molecular formula is C20H32N4O2. The molecule has 2 N–H and O–H groups in total. The molecule has 0 aromatic heterocycles. The van der Waals surface area contributed by atoms with Crippen LogP contribution in [0, 0.1) is 0 Å². The van der Waals surface area contributed by atoms with Crippen LogP contribution in [0.3, 0.4) is 0 Å². The van der Waals surface area contributed by atoms with Crippen LogP contribution in [0.1, 0.15) is 31.7 Å². The Morgan fingerprint density at radius 1 is 1.31 bits per heavy atom. The summed E-state index contributed by atoms with van der Waals surface area (Å²) in [6.07, 6.45) is 3.42. The highest BCUT2D eigenvalue weighted by Crippen LogP contribution is 2.10. The van der Waals surface area contributed by atoms with E-state index in [0.29, 0.717) is 6.42 Å². The molecule has 1 aromatic rings. The van der Waals surface area contributed by atoms with E-state index in [-0.39, 0.29) is 11.9 Å². The molecule has 1 saturated heterocycles. The fourth-order valence-electron chi connectivity index (χ4n) is 3.03. The molecule has 1 aliphatic rings. The molecule has 1 aromatic carbocycles. The van der Waals surface area contributed by atoms with Crippen LogP contribution in [0.2, 0.25) is 0 Å². The van der Waals surface area contributed by atoms with Crippen LogP contribution in [0.5, 0.6) is 0 Å². The Morgan fingerprint density at radius 3 is 2.85 bits per heavy atom. The van der Waals surface area contributed by atoms with E-state index in [1.807, 2.05) is 17.9 Å². The smallest absolute Gasteiger partial charge is 0.222 e. The topological polar surface area (TPSA) is 66.0 Å². The van der Waals surface area contributed by atoms with Crippen molar-refractivity contribution >= 4 is 11.9 Å². The van der Waals surface area contributed by atoms with Gasteiger partial charge in [0.25, 0.3) is 0 Å². The number of nitrogens with zero attached hydrogens (tertiary/aromatic N) is 2. The van der Waals surface area contributed by atoms with Gasteiger partial charge < -0.3 is 20.3 Å². The summed E-state index contributed by atoms with van der Waals surface area (Å²) in [4.78, 5) is 17.9. The van der Waals surface area contributed by atoms with Crippen molar-refractivity contribution in [2.75, 3.05) is 39.9 Å². The van der Waals surface area contributed by atoms with Crippen LogP contribution in [0.15, 0.2) is 35.3 Å². The largest absolute Gasteiger partial charge is 0.381 e. The second-order valence-electron chi connectivity index (χ2n) is 6.52. The predicted octanol–water partition coefficient (Wildman–Crippen LogP) is 1.81. The molecule has 26 heavy (non-hydrogen) atoms. The van der Waals surface area contributed by atoms with Crippen molar-refractivity contribution in [1.29, 1.82) is 0 Å². The first-order valence-corrected chi connectivity index (χ1v) is 9.59. The molecule has 1 fully saturated rings. The molecule has 0 radical (unpaired) electrons. The van der Waals surface area contributed by atoms with Gasteiger partial charge in [0.2, 0.25) is 5.91 Å². The maximum atomic E-state index is 11.7. The highest BCUT2D eigenvalue weighted by Gasteiger charge is 2.25. The van der Waals surface area contributed by atoms with Crippen LogP contribution in [-0.2, 0) is 16.0 Å². The van der Waals surface area contributed by atoms with Gasteiger partial charge in [-0.3, -0.25) is 9.79 Å². The number of nitrogens with one attached hydrogen (secondary N) is 2. The lowest BCUT2D eigenvalue weighted by Gasteiger charge is -2.18. The quantitative estimate of drug-likeness (QED) is 0.400. The number of likely N-dealkylation sites (tertiary alicyclic amines) is 1. The van der Waals surface area contributed by atoms with Crippen LogP contribution in [-0.4, -0.2) is 62.7 Å². The number of hydrogen-bond acceptors (Lipinski definition) is 3. The summed E-state index contributed by atoms with van der Waals surface area (Å²) >= 11 is 0. The second kappa shape index (κ2) is 11.5. The second-order valence-corrected chi connectivity index (χ2v) is 6.52. The van der Waals surface area contributed by atoms with Gasteiger partial charge >= 0.3 is 0 Å². The van der Waals surface area contributed by atoms with E-state index in [9.17, 15) is 4.79 Å². The minimum Gasteiger partial charge on any atom is -0.381 e. The highest BCUT2D eigenvalue weighted by atomic mass is 16.5. The highest BCUT2D eigenvalue weighted by molar-refractivity contribution is 5.80. The van der Waals surface area contributed by atoms with Crippen molar-refractivity contribution < 1.29 is 9.53 Å². The Kier molecular flexibility index (Phi) is 8.96. The third-order valence-electron chi connectivity index (χ3n) is 4.54. The van der Waals surface area contributed by atoms with Gasteiger partial charge in [0.15, 0.2) is 5.96 Å². The monoisotopic (exact) mass is 360 g/mol. The minimum absolute atomic E-state index is 0.227. The molecule has 0 bridgehead atoms. The first kappa shape index (κ1) is 20.2. The number of carbonyl (C=O) groups excluding carboxylic acids is 1. The number of benzene rings is 1. The Morgan fingerprint density at radius 2 is 2.12 bits per heavy atom. The average molecular weight is 361 g/mol. The molecule has 0 saturated carbocycles. The molecule has 1 amide bonds. The summed E-state index contributed by atoms with van der Waals surface area (Å²) in [5.74, 6) is 1.02. The van der Waals surface area contributed by atoms with Gasteiger partial charge in [0.05, 0.1) is 6.61 Å². The number of ether oxygens (including phenoxy) is 1. The van der Waals surface area contributed by atoms with E-state index in [4.69, 9.17) is 4.74 Å². The first-order valence-electron chi connectivity index (χ1n) is 9.59. The van der Waals surface area contributed by atoms with Crippen molar-refractivity contribution in [3.63, 3.8) is 0 Å². The predicted molar refractivity (Wildman–Crippen MR) is 105 cm³/mol. The number of carbonyl (C=O) groups is 1. The molecule has 1 heterocycles. The first-order chi connectivity index (χ1) is 12.7. The molecule has 2 rings (SSSR count). The van der Waals surface area contributed by atoms with E-state index in [2.05, 4.69) is 39.9 Å². The number of rotatable bonds is 9. The summed E-state index contributed by atoms with van der Waals surface area (Å²) in [5.41, 5.74) is 1.31. The van der Waals surface area contributed by atoms with E-state index in [0.717, 1.165) is 58.1 Å². The summed E-state index contributed by atoms with van der Waals surface area (Å²) in [7, 11) is 1.77. The van der Waals surface area contributed by atoms with E-state index in [1.54, 1.807) is 7.05 Å². The maximum absolute atomic E-state index is 11.7. The van der Waals surface area contributed by atoms with Crippen LogP contribution in [0.25, 0.3) is 0 Å². The molecule has 6 nitrogen and oxygen atoms in total. The maximum Gasteiger partial charge on any atom is 0.222 e. The van der Waals surface area contributed by atoms with Crippen LogP contribution < -0.4 is 10.6 Å². The van der Waals surface area contributed by atoms with Gasteiger partial charge in [-0.1, -0.05) is 37.3 Å². The Labute approximate surface area is 157 Å². The fourth-order valence-corrected chi connectivity index (χ4v) is 3.03. The minimum atomic E-state index is 0.227. The SMILES string of the molecule is CCC(=O)N1CCC(NC(=NC)NCCCOCCc2ccccc2)C1. The van der Waals surface area contributed by atoms with Crippen LogP contribution in [0.4, 0.5) is 0 Å². The lowest BCUT2D eigenvalue weighted by atomic mass is 10.2. The summed E-state index contributed by atoms with van der Waals surface area (Å²) in [6, 6.07) is 10.7. The molecule has 144 valence electrons. The Hall–Kier alpha value is -2.08. The average Bonchev–Trinajstić information content (AvgIpc) is 3.15. The van der Waals surface area contributed by atoms with Gasteiger partial charge in [-0.25, -0.2) is 0 Å². The molecule has 1 unspecified atom stereocenters. The van der Waals surface area contributed by atoms with Gasteiger partial charge in [-0.2, -0.15) is 0 Å². The van der Waals surface area contributed by atoms with E-state index >= 15 is 0 Å². The van der Waals surface area contributed by atoms with Crippen molar-refractivity contribution in [1.82, 2.24) is 15.5 Å². The normalized spacial score (nSPS) is 17.4. The zero-order valence-electron chi connectivity index (χ0n) is 16.0. The molecule has 1 atom stereocenters. The van der Waals surface area contributed by atoms with Crippen molar-refractivity contribution in [3.05, 3.63) is 35.9 Å². The zero-order chi connectivity index (χ0) is 18.6. The van der Waals surface area contributed by atoms with E-state index < -0.39 is 0 Å². The Bertz CT molecular complexity index is 562. The van der Waals surface area contributed by atoms with Crippen molar-refractivity contribution in [2.24, 2.45) is 4.99 Å². The third-order valence-corrected chi connectivity index (χ3v) is 4.54. The molecule has 0 spiro atoms. The number of guanidine groups is 1. The summed E-state index contributed by atoms with van der Waals surface area (Å²) in [5, 5.41) is 6.72. The van der Waals surface area contributed by atoms with Gasteiger partial charge in [-0.05, 0) is 24.8 Å². The summed E-state index contributed by atoms with van der Waals surface area (Å²) < 4.78 is 5.69. The van der Waals surface area contributed by atoms with Gasteiger partial charge in [-0.15, -0.1) is 0 Å². The number of amides is 1. The van der Waals surface area contributed by atoms with E-state index in [1.165, 1.54) is 5.56 Å². The number of aliphatic imine (C=N–C) groups is 1. The van der Waals surface area contributed by atoms with Gasteiger partial charge in [0, 0.05) is 45.8 Å². The fraction of sp³-hybridized carbons (Fsp3) is 0.600. The summed E-state index contributed by atoms with van der Waals surface area (Å²) in [6.45, 7) is 5.80. The molecule has 1 aliphatic heterocycles. The Balaban J connectivity index is 1.53. The molecule has 0 aliphatic carbocycles. The molecular weight excluding hydrogens is 328 g/mol. The standard InChI is InChI=1S/C20H32N4O2/c1-3-19(25)24-13-10-18(16-24)23-20(21-2)22-12-7-14-26-15-11-17-8-5-4-6-9-17/h4-6,8-9,18H,3,7,10-16H2,1-2H3,(H2,21,22,23). The lowest BCUT2D eigenvalue weighted by Crippen LogP contribution is -2.45. The zero-order valence-corrected chi connectivity index (χ0v) is 16.0. The van der Waals surface area contributed by atoms with Crippen LogP contribution >= 0.6 is 0 Å². The van der Waals surface area contributed by atoms with Crippen molar-refractivity contribution in [2.45, 2.75) is 38.6 Å². The number of hydrogen-bond donors (Lipinski definition) is 2. The molecule has 6 heteroatoms. The third kappa shape index (κ3) is 7.04. The van der Waals surface area contributed by atoms with Gasteiger partial charge in [0.1, 0.15) is 0 Å².